The first-order chi connectivity index (χ1) is 13.5. The van der Waals surface area contributed by atoms with Crippen LogP contribution in [0.3, 0.4) is 0 Å². The Kier molecular flexibility index (Phi) is 3.70. The molecule has 28 heavy (non-hydrogen) atoms. The Morgan fingerprint density at radius 2 is 1.79 bits per heavy atom. The summed E-state index contributed by atoms with van der Waals surface area (Å²) in [5, 5.41) is 0. The molecule has 5 rings (SSSR count). The Hall–Kier alpha value is -3.25. The molecular formula is C22H22N6. The summed E-state index contributed by atoms with van der Waals surface area (Å²) in [5.41, 5.74) is 18.0. The second kappa shape index (κ2) is 6.14. The summed E-state index contributed by atoms with van der Waals surface area (Å²) >= 11 is 0. The molecule has 1 aliphatic rings. The van der Waals surface area contributed by atoms with Crippen LogP contribution < -0.4 is 11.5 Å². The van der Waals surface area contributed by atoms with E-state index in [-0.39, 0.29) is 5.54 Å². The van der Waals surface area contributed by atoms with E-state index in [2.05, 4.69) is 29.2 Å². The lowest BCUT2D eigenvalue weighted by molar-refractivity contribution is 0.253. The molecule has 1 aromatic carbocycles. The van der Waals surface area contributed by atoms with Gasteiger partial charge in [0.25, 0.3) is 0 Å². The van der Waals surface area contributed by atoms with E-state index >= 15 is 0 Å². The van der Waals surface area contributed by atoms with Crippen LogP contribution in [0, 0.1) is 6.92 Å². The van der Waals surface area contributed by atoms with Gasteiger partial charge in [-0.3, -0.25) is 4.57 Å². The molecule has 0 spiro atoms. The maximum atomic E-state index is 6.49. The number of fused-ring (bicyclic) bond motifs is 1. The zero-order valence-corrected chi connectivity index (χ0v) is 15.8. The van der Waals surface area contributed by atoms with E-state index < -0.39 is 0 Å². The van der Waals surface area contributed by atoms with Gasteiger partial charge in [0.15, 0.2) is 11.5 Å². The van der Waals surface area contributed by atoms with Gasteiger partial charge in [0.2, 0.25) is 0 Å². The van der Waals surface area contributed by atoms with Gasteiger partial charge in [-0.25, -0.2) is 15.0 Å². The number of aryl methyl sites for hydroxylation is 1. The molecule has 0 unspecified atom stereocenters. The highest BCUT2D eigenvalue weighted by molar-refractivity contribution is 5.82. The lowest BCUT2D eigenvalue weighted by Crippen LogP contribution is -2.43. The molecule has 140 valence electrons. The minimum Gasteiger partial charge on any atom is -0.383 e. The van der Waals surface area contributed by atoms with Crippen molar-refractivity contribution in [3.8, 4) is 17.1 Å². The van der Waals surface area contributed by atoms with Crippen molar-refractivity contribution in [2.45, 2.75) is 31.7 Å². The maximum Gasteiger partial charge on any atom is 0.165 e. The van der Waals surface area contributed by atoms with Gasteiger partial charge < -0.3 is 11.5 Å². The second-order valence-corrected chi connectivity index (χ2v) is 7.56. The Balaban J connectivity index is 1.72. The molecule has 0 aliphatic heterocycles. The molecule has 6 heteroatoms. The van der Waals surface area contributed by atoms with E-state index in [0.717, 1.165) is 46.8 Å². The number of aromatic nitrogens is 4. The van der Waals surface area contributed by atoms with Gasteiger partial charge in [-0.05, 0) is 68.1 Å². The van der Waals surface area contributed by atoms with Crippen LogP contribution >= 0.6 is 0 Å². The third kappa shape index (κ3) is 2.57. The highest BCUT2D eigenvalue weighted by Crippen LogP contribution is 2.39. The van der Waals surface area contributed by atoms with Crippen molar-refractivity contribution in [1.82, 2.24) is 19.5 Å². The van der Waals surface area contributed by atoms with Crippen LogP contribution in [0.5, 0.6) is 0 Å². The molecule has 1 fully saturated rings. The summed E-state index contributed by atoms with van der Waals surface area (Å²) in [6.45, 7) is 1.98. The summed E-state index contributed by atoms with van der Waals surface area (Å²) in [7, 11) is 0. The van der Waals surface area contributed by atoms with Gasteiger partial charge in [0, 0.05) is 23.1 Å². The van der Waals surface area contributed by atoms with Crippen molar-refractivity contribution >= 4 is 17.0 Å². The summed E-state index contributed by atoms with van der Waals surface area (Å²) in [5.74, 6) is 1.18. The minimum absolute atomic E-state index is 0.180. The van der Waals surface area contributed by atoms with Crippen molar-refractivity contribution in [2.75, 3.05) is 5.73 Å². The normalized spacial score (nSPS) is 15.5. The van der Waals surface area contributed by atoms with Crippen molar-refractivity contribution in [2.24, 2.45) is 5.73 Å². The van der Waals surface area contributed by atoms with Gasteiger partial charge in [-0.2, -0.15) is 0 Å². The standard InChI is InChI=1S/C22H22N6/c1-14-5-10-18-21(26-14)28(20(27-18)17-4-2-13-25-19(17)23)16-8-6-15(7-9-16)22(24)11-3-12-22/h2,4-10,13H,3,11-12,24H2,1H3,(H2,23,25). The number of hydrogen-bond donors (Lipinski definition) is 2. The summed E-state index contributed by atoms with van der Waals surface area (Å²) in [4.78, 5) is 13.8. The molecule has 4 aromatic rings. The van der Waals surface area contributed by atoms with Crippen LogP contribution in [0.4, 0.5) is 5.82 Å². The molecule has 0 atom stereocenters. The average Bonchev–Trinajstić information content (AvgIpc) is 3.05. The predicted octanol–water partition coefficient (Wildman–Crippen LogP) is 3.71. The number of imidazole rings is 1. The highest BCUT2D eigenvalue weighted by atomic mass is 15.1. The monoisotopic (exact) mass is 370 g/mol. The number of nitrogens with two attached hydrogens (primary N) is 2. The van der Waals surface area contributed by atoms with Crippen LogP contribution in [0.2, 0.25) is 0 Å². The van der Waals surface area contributed by atoms with Gasteiger partial charge in [-0.1, -0.05) is 12.1 Å². The van der Waals surface area contributed by atoms with Gasteiger partial charge in [0.05, 0.1) is 5.56 Å². The molecule has 3 heterocycles. The first kappa shape index (κ1) is 16.9. The third-order valence-corrected chi connectivity index (χ3v) is 5.67. The van der Waals surface area contributed by atoms with E-state index in [1.54, 1.807) is 6.20 Å². The van der Waals surface area contributed by atoms with Crippen molar-refractivity contribution < 1.29 is 0 Å². The van der Waals surface area contributed by atoms with Crippen LogP contribution in [-0.4, -0.2) is 19.5 Å². The summed E-state index contributed by atoms with van der Waals surface area (Å²) in [6, 6.07) is 16.2. The van der Waals surface area contributed by atoms with Crippen LogP contribution in [0.15, 0.2) is 54.7 Å². The van der Waals surface area contributed by atoms with E-state index in [4.69, 9.17) is 21.4 Å². The van der Waals surface area contributed by atoms with Crippen molar-refractivity contribution in [1.29, 1.82) is 0 Å². The maximum absolute atomic E-state index is 6.49. The second-order valence-electron chi connectivity index (χ2n) is 7.56. The quantitative estimate of drug-likeness (QED) is 0.573. The molecule has 0 radical (unpaired) electrons. The molecular weight excluding hydrogens is 348 g/mol. The lowest BCUT2D eigenvalue weighted by Gasteiger charge is -2.38. The fourth-order valence-electron chi connectivity index (χ4n) is 3.87. The fraction of sp³-hybridized carbons (Fsp3) is 0.227. The molecule has 0 amide bonds. The zero-order chi connectivity index (χ0) is 19.3. The van der Waals surface area contributed by atoms with Crippen molar-refractivity contribution in [3.63, 3.8) is 0 Å². The molecule has 3 aromatic heterocycles. The van der Waals surface area contributed by atoms with Crippen LogP contribution in [-0.2, 0) is 5.54 Å². The molecule has 0 saturated heterocycles. The molecule has 1 saturated carbocycles. The highest BCUT2D eigenvalue weighted by Gasteiger charge is 2.34. The predicted molar refractivity (Wildman–Crippen MR) is 111 cm³/mol. The first-order valence-electron chi connectivity index (χ1n) is 9.52. The molecule has 1 aliphatic carbocycles. The lowest BCUT2D eigenvalue weighted by atomic mass is 9.73. The van der Waals surface area contributed by atoms with Crippen LogP contribution in [0.1, 0.15) is 30.5 Å². The Labute approximate surface area is 163 Å². The van der Waals surface area contributed by atoms with E-state index in [1.807, 2.05) is 35.8 Å². The van der Waals surface area contributed by atoms with Gasteiger partial charge >= 0.3 is 0 Å². The fourth-order valence-corrected chi connectivity index (χ4v) is 3.87. The van der Waals surface area contributed by atoms with Crippen LogP contribution in [0.25, 0.3) is 28.2 Å². The molecule has 0 bridgehead atoms. The number of nitrogen functional groups attached to an aromatic ring is 1. The van der Waals surface area contributed by atoms with Gasteiger partial charge in [-0.15, -0.1) is 0 Å². The minimum atomic E-state index is -0.180. The Bertz CT molecular complexity index is 1170. The number of nitrogens with zero attached hydrogens (tertiary/aromatic N) is 4. The Morgan fingerprint density at radius 1 is 1.00 bits per heavy atom. The topological polar surface area (TPSA) is 95.6 Å². The number of hydrogen-bond acceptors (Lipinski definition) is 5. The molecule has 4 N–H and O–H groups in total. The number of rotatable bonds is 3. The zero-order valence-electron chi connectivity index (χ0n) is 15.8. The van der Waals surface area contributed by atoms with E-state index in [0.29, 0.717) is 5.82 Å². The smallest absolute Gasteiger partial charge is 0.165 e. The number of anilines is 1. The van der Waals surface area contributed by atoms with E-state index in [1.165, 1.54) is 12.0 Å². The van der Waals surface area contributed by atoms with Crippen molar-refractivity contribution in [3.05, 3.63) is 66.0 Å². The largest absolute Gasteiger partial charge is 0.383 e. The van der Waals surface area contributed by atoms with E-state index in [9.17, 15) is 0 Å². The number of pyridine rings is 2. The SMILES string of the molecule is Cc1ccc2nc(-c3cccnc3N)n(-c3ccc(C4(N)CCC4)cc3)c2n1. The summed E-state index contributed by atoms with van der Waals surface area (Å²) in [6.07, 6.45) is 4.96. The first-order valence-corrected chi connectivity index (χ1v) is 9.52. The number of benzene rings is 1. The molecule has 6 nitrogen and oxygen atoms in total. The average molecular weight is 370 g/mol. The summed E-state index contributed by atoms with van der Waals surface area (Å²) < 4.78 is 2.05. The Morgan fingerprint density at radius 3 is 2.46 bits per heavy atom. The third-order valence-electron chi connectivity index (χ3n) is 5.67. The van der Waals surface area contributed by atoms with Gasteiger partial charge in [0.1, 0.15) is 11.3 Å².